The first-order chi connectivity index (χ1) is 10.6. The molecule has 0 saturated heterocycles. The van der Waals surface area contributed by atoms with Crippen LogP contribution in [0.4, 0.5) is 0 Å². The van der Waals surface area contributed by atoms with Gasteiger partial charge < -0.3 is 14.4 Å². The van der Waals surface area contributed by atoms with E-state index in [2.05, 4.69) is 0 Å². The summed E-state index contributed by atoms with van der Waals surface area (Å²) in [7, 11) is 1.75. The Bertz CT molecular complexity index is 598. The Balaban J connectivity index is 1.70. The zero-order valence-corrected chi connectivity index (χ0v) is 13.0. The number of likely N-dealkylation sites (N-methyl/N-ethyl adjacent to an activating group) is 1. The van der Waals surface area contributed by atoms with Crippen LogP contribution in [0.3, 0.4) is 0 Å². The van der Waals surface area contributed by atoms with Gasteiger partial charge in [0.1, 0.15) is 18.1 Å². The molecule has 4 heteroatoms. The van der Waals surface area contributed by atoms with Crippen molar-refractivity contribution in [3.05, 3.63) is 60.2 Å². The minimum Gasteiger partial charge on any atom is -0.492 e. The largest absolute Gasteiger partial charge is 0.492 e. The number of amides is 1. The van der Waals surface area contributed by atoms with E-state index in [-0.39, 0.29) is 12.5 Å². The van der Waals surface area contributed by atoms with E-state index in [1.807, 2.05) is 61.5 Å². The van der Waals surface area contributed by atoms with Gasteiger partial charge in [0.25, 0.3) is 5.91 Å². The minimum atomic E-state index is -0.0725. The van der Waals surface area contributed by atoms with E-state index >= 15 is 0 Å². The van der Waals surface area contributed by atoms with Gasteiger partial charge >= 0.3 is 0 Å². The van der Waals surface area contributed by atoms with Gasteiger partial charge in [-0.15, -0.1) is 0 Å². The fourth-order valence-corrected chi connectivity index (χ4v) is 1.90. The normalized spacial score (nSPS) is 10.1. The molecule has 22 heavy (non-hydrogen) atoms. The van der Waals surface area contributed by atoms with E-state index in [9.17, 15) is 4.79 Å². The molecule has 0 N–H and O–H groups in total. The third-order valence-corrected chi connectivity index (χ3v) is 3.22. The molecule has 4 nitrogen and oxygen atoms in total. The summed E-state index contributed by atoms with van der Waals surface area (Å²) in [5, 5.41) is 0. The summed E-state index contributed by atoms with van der Waals surface area (Å²) < 4.78 is 11.1. The molecule has 2 aromatic carbocycles. The van der Waals surface area contributed by atoms with E-state index in [0.717, 1.165) is 11.3 Å². The molecule has 0 aliphatic rings. The van der Waals surface area contributed by atoms with Crippen LogP contribution in [0, 0.1) is 6.92 Å². The fourth-order valence-electron chi connectivity index (χ4n) is 1.90. The zero-order chi connectivity index (χ0) is 15.8. The van der Waals surface area contributed by atoms with Gasteiger partial charge in [0, 0.05) is 7.05 Å². The van der Waals surface area contributed by atoms with Gasteiger partial charge in [0.05, 0.1) is 6.54 Å². The Morgan fingerprint density at radius 1 is 1.00 bits per heavy atom. The second-order valence-electron chi connectivity index (χ2n) is 5.08. The number of nitrogens with zero attached hydrogens (tertiary/aromatic N) is 1. The van der Waals surface area contributed by atoms with Crippen molar-refractivity contribution < 1.29 is 14.3 Å². The average molecular weight is 299 g/mol. The third kappa shape index (κ3) is 5.13. The molecule has 2 aromatic rings. The molecular weight excluding hydrogens is 278 g/mol. The maximum absolute atomic E-state index is 12.0. The summed E-state index contributed by atoms with van der Waals surface area (Å²) in [5.41, 5.74) is 1.15. The first kappa shape index (κ1) is 15.9. The van der Waals surface area contributed by atoms with Crippen LogP contribution in [0.5, 0.6) is 11.5 Å². The van der Waals surface area contributed by atoms with Crippen molar-refractivity contribution in [3.8, 4) is 11.5 Å². The summed E-state index contributed by atoms with van der Waals surface area (Å²) in [4.78, 5) is 13.6. The molecular formula is C18H21NO3. The molecule has 116 valence electrons. The molecule has 0 atom stereocenters. The minimum absolute atomic E-state index is 0.0327. The molecule has 0 spiro atoms. The number of benzene rings is 2. The van der Waals surface area contributed by atoms with Gasteiger partial charge in [-0.25, -0.2) is 0 Å². The highest BCUT2D eigenvalue weighted by Gasteiger charge is 2.09. The quantitative estimate of drug-likeness (QED) is 0.789. The van der Waals surface area contributed by atoms with Gasteiger partial charge in [-0.1, -0.05) is 30.3 Å². The lowest BCUT2D eigenvalue weighted by Gasteiger charge is -2.18. The van der Waals surface area contributed by atoms with Crippen LogP contribution in [0.15, 0.2) is 54.6 Å². The van der Waals surface area contributed by atoms with Gasteiger partial charge in [0.2, 0.25) is 0 Å². The van der Waals surface area contributed by atoms with E-state index < -0.39 is 0 Å². The van der Waals surface area contributed by atoms with E-state index in [0.29, 0.717) is 18.9 Å². The SMILES string of the molecule is Cc1cccc(OCCN(C)C(=O)COc2ccccc2)c1. The number of carbonyl (C=O) groups is 1. The standard InChI is InChI=1S/C18H21NO3/c1-15-7-6-10-17(13-15)21-12-11-19(2)18(20)14-22-16-8-4-3-5-9-16/h3-10,13H,11-12,14H2,1-2H3. The Labute approximate surface area is 131 Å². The van der Waals surface area contributed by atoms with Crippen LogP contribution in [0.2, 0.25) is 0 Å². The highest BCUT2D eigenvalue weighted by Crippen LogP contribution is 2.12. The Hall–Kier alpha value is -2.49. The van der Waals surface area contributed by atoms with Crippen LogP contribution >= 0.6 is 0 Å². The molecule has 2 rings (SSSR count). The maximum atomic E-state index is 12.0. The number of ether oxygens (including phenoxy) is 2. The number of carbonyl (C=O) groups excluding carboxylic acids is 1. The van der Waals surface area contributed by atoms with Gasteiger partial charge in [-0.05, 0) is 36.8 Å². The van der Waals surface area contributed by atoms with Crippen LogP contribution in [-0.2, 0) is 4.79 Å². The molecule has 0 saturated carbocycles. The van der Waals surface area contributed by atoms with Crippen molar-refractivity contribution in [2.45, 2.75) is 6.92 Å². The molecule has 0 unspecified atom stereocenters. The van der Waals surface area contributed by atoms with Crippen molar-refractivity contribution in [1.82, 2.24) is 4.90 Å². The zero-order valence-electron chi connectivity index (χ0n) is 13.0. The number of rotatable bonds is 7. The Morgan fingerprint density at radius 3 is 2.45 bits per heavy atom. The second kappa shape index (κ2) is 8.08. The summed E-state index contributed by atoms with van der Waals surface area (Å²) in [6, 6.07) is 17.2. The lowest BCUT2D eigenvalue weighted by Crippen LogP contribution is -2.34. The summed E-state index contributed by atoms with van der Waals surface area (Å²) in [5.74, 6) is 1.44. The van der Waals surface area contributed by atoms with Gasteiger partial charge in [-0.3, -0.25) is 4.79 Å². The number of hydrogen-bond donors (Lipinski definition) is 0. The molecule has 0 aliphatic heterocycles. The first-order valence-electron chi connectivity index (χ1n) is 7.26. The molecule has 0 aliphatic carbocycles. The van der Waals surface area contributed by atoms with Gasteiger partial charge in [-0.2, -0.15) is 0 Å². The average Bonchev–Trinajstić information content (AvgIpc) is 2.53. The molecule has 1 amide bonds. The lowest BCUT2D eigenvalue weighted by molar-refractivity contribution is -0.132. The highest BCUT2D eigenvalue weighted by molar-refractivity contribution is 5.77. The van der Waals surface area contributed by atoms with Crippen LogP contribution < -0.4 is 9.47 Å². The molecule has 0 aromatic heterocycles. The van der Waals surface area contributed by atoms with Crippen molar-refractivity contribution >= 4 is 5.91 Å². The van der Waals surface area contributed by atoms with E-state index in [4.69, 9.17) is 9.47 Å². The predicted octanol–water partition coefficient (Wildman–Crippen LogP) is 2.91. The summed E-state index contributed by atoms with van der Waals surface area (Å²) in [6.07, 6.45) is 0. The Morgan fingerprint density at radius 2 is 1.73 bits per heavy atom. The maximum Gasteiger partial charge on any atom is 0.260 e. The van der Waals surface area contributed by atoms with Crippen LogP contribution in [-0.4, -0.2) is 37.6 Å². The topological polar surface area (TPSA) is 38.8 Å². The Kier molecular flexibility index (Phi) is 5.83. The van der Waals surface area contributed by atoms with Crippen LogP contribution in [0.1, 0.15) is 5.56 Å². The van der Waals surface area contributed by atoms with Gasteiger partial charge in [0.15, 0.2) is 6.61 Å². The highest BCUT2D eigenvalue weighted by atomic mass is 16.5. The predicted molar refractivity (Wildman–Crippen MR) is 86.2 cm³/mol. The van der Waals surface area contributed by atoms with E-state index in [1.54, 1.807) is 11.9 Å². The van der Waals surface area contributed by atoms with Crippen molar-refractivity contribution in [3.63, 3.8) is 0 Å². The molecule has 0 bridgehead atoms. The summed E-state index contributed by atoms with van der Waals surface area (Å²) in [6.45, 7) is 3.02. The monoisotopic (exact) mass is 299 g/mol. The third-order valence-electron chi connectivity index (χ3n) is 3.22. The number of para-hydroxylation sites is 1. The fraction of sp³-hybridized carbons (Fsp3) is 0.278. The molecule has 0 heterocycles. The van der Waals surface area contributed by atoms with Crippen LogP contribution in [0.25, 0.3) is 0 Å². The molecule has 0 fully saturated rings. The van der Waals surface area contributed by atoms with E-state index in [1.165, 1.54) is 0 Å². The molecule has 0 radical (unpaired) electrons. The number of hydrogen-bond acceptors (Lipinski definition) is 3. The second-order valence-corrected chi connectivity index (χ2v) is 5.08. The number of aryl methyl sites for hydroxylation is 1. The first-order valence-corrected chi connectivity index (χ1v) is 7.26. The van der Waals surface area contributed by atoms with Crippen molar-refractivity contribution in [2.75, 3.05) is 26.8 Å². The summed E-state index contributed by atoms with van der Waals surface area (Å²) >= 11 is 0. The van der Waals surface area contributed by atoms with Crippen molar-refractivity contribution in [2.24, 2.45) is 0 Å². The van der Waals surface area contributed by atoms with Crippen molar-refractivity contribution in [1.29, 1.82) is 0 Å². The lowest BCUT2D eigenvalue weighted by atomic mass is 10.2. The smallest absolute Gasteiger partial charge is 0.260 e.